The van der Waals surface area contributed by atoms with Crippen LogP contribution in [0.1, 0.15) is 12.5 Å². The molecule has 0 amide bonds. The van der Waals surface area contributed by atoms with Crippen LogP contribution in [0.2, 0.25) is 0 Å². The SMILES string of the molecule is COc1c(CCN2CCN(c3cccc4ncccc34)C(C)C2)cccc1[N+](=O)[O-]. The number of ether oxygens (including phenoxy) is 1. The average molecular weight is 406 g/mol. The van der Waals surface area contributed by atoms with Crippen LogP contribution in [0.4, 0.5) is 11.4 Å². The fraction of sp³-hybridized carbons (Fsp3) is 0.348. The van der Waals surface area contributed by atoms with Crippen molar-refractivity contribution in [1.82, 2.24) is 9.88 Å². The van der Waals surface area contributed by atoms with Gasteiger partial charge in [-0.05, 0) is 37.6 Å². The molecule has 1 atom stereocenters. The van der Waals surface area contributed by atoms with E-state index in [9.17, 15) is 10.1 Å². The predicted molar refractivity (Wildman–Crippen MR) is 118 cm³/mol. The summed E-state index contributed by atoms with van der Waals surface area (Å²) in [6, 6.07) is 15.9. The fourth-order valence-electron chi connectivity index (χ4n) is 4.36. The number of nitro benzene ring substituents is 1. The van der Waals surface area contributed by atoms with Gasteiger partial charge in [0.05, 0.1) is 17.5 Å². The average Bonchev–Trinajstić information content (AvgIpc) is 2.77. The second-order valence-electron chi connectivity index (χ2n) is 7.67. The summed E-state index contributed by atoms with van der Waals surface area (Å²) in [4.78, 5) is 20.2. The van der Waals surface area contributed by atoms with E-state index in [2.05, 4.69) is 39.9 Å². The summed E-state index contributed by atoms with van der Waals surface area (Å²) in [6.45, 7) is 5.90. The molecular weight excluding hydrogens is 380 g/mol. The molecule has 4 rings (SSSR count). The van der Waals surface area contributed by atoms with Gasteiger partial charge in [-0.3, -0.25) is 20.0 Å². The molecule has 2 aromatic carbocycles. The number of anilines is 1. The lowest BCUT2D eigenvalue weighted by atomic mass is 10.1. The maximum atomic E-state index is 11.3. The van der Waals surface area contributed by atoms with Gasteiger partial charge in [-0.1, -0.05) is 18.2 Å². The Hall–Kier alpha value is -3.19. The topological polar surface area (TPSA) is 71.7 Å². The molecule has 0 spiro atoms. The number of para-hydroxylation sites is 1. The quantitative estimate of drug-likeness (QED) is 0.457. The third-order valence-corrected chi connectivity index (χ3v) is 5.82. The molecule has 0 aliphatic carbocycles. The van der Waals surface area contributed by atoms with Gasteiger partial charge in [0, 0.05) is 61.1 Å². The number of nitro groups is 1. The number of fused-ring (bicyclic) bond motifs is 1. The minimum atomic E-state index is -0.387. The van der Waals surface area contributed by atoms with Gasteiger partial charge in [-0.2, -0.15) is 0 Å². The van der Waals surface area contributed by atoms with Crippen molar-refractivity contribution in [1.29, 1.82) is 0 Å². The van der Waals surface area contributed by atoms with Gasteiger partial charge in [-0.15, -0.1) is 0 Å². The van der Waals surface area contributed by atoms with Gasteiger partial charge in [0.25, 0.3) is 0 Å². The Labute approximate surface area is 176 Å². The first-order valence-electron chi connectivity index (χ1n) is 10.2. The zero-order chi connectivity index (χ0) is 21.1. The number of benzene rings is 2. The summed E-state index contributed by atoms with van der Waals surface area (Å²) < 4.78 is 5.34. The van der Waals surface area contributed by atoms with Crippen molar-refractivity contribution in [2.24, 2.45) is 0 Å². The maximum Gasteiger partial charge on any atom is 0.311 e. The van der Waals surface area contributed by atoms with Crippen LogP contribution < -0.4 is 9.64 Å². The second kappa shape index (κ2) is 8.67. The number of piperazine rings is 1. The molecule has 1 aromatic heterocycles. The molecule has 1 fully saturated rings. The summed E-state index contributed by atoms with van der Waals surface area (Å²) in [7, 11) is 1.49. The summed E-state index contributed by atoms with van der Waals surface area (Å²) in [5.74, 6) is 0.373. The van der Waals surface area contributed by atoms with Crippen molar-refractivity contribution in [3.8, 4) is 5.75 Å². The van der Waals surface area contributed by atoms with E-state index in [1.807, 2.05) is 24.4 Å². The Bertz CT molecular complexity index is 1050. The highest BCUT2D eigenvalue weighted by Crippen LogP contribution is 2.32. The van der Waals surface area contributed by atoms with Crippen molar-refractivity contribution in [3.05, 3.63) is 70.4 Å². The van der Waals surface area contributed by atoms with E-state index < -0.39 is 0 Å². The minimum absolute atomic E-state index is 0.0257. The van der Waals surface area contributed by atoms with Crippen molar-refractivity contribution < 1.29 is 9.66 Å². The van der Waals surface area contributed by atoms with Crippen LogP contribution in [0.3, 0.4) is 0 Å². The van der Waals surface area contributed by atoms with Gasteiger partial charge in [0.15, 0.2) is 5.75 Å². The minimum Gasteiger partial charge on any atom is -0.490 e. The second-order valence-corrected chi connectivity index (χ2v) is 7.67. The van der Waals surface area contributed by atoms with Crippen LogP contribution in [-0.4, -0.2) is 54.1 Å². The number of aromatic nitrogens is 1. The molecule has 1 aliphatic heterocycles. The van der Waals surface area contributed by atoms with Crippen molar-refractivity contribution in [2.45, 2.75) is 19.4 Å². The van der Waals surface area contributed by atoms with E-state index in [1.54, 1.807) is 6.07 Å². The van der Waals surface area contributed by atoms with Crippen LogP contribution in [0.15, 0.2) is 54.7 Å². The lowest BCUT2D eigenvalue weighted by Gasteiger charge is -2.41. The van der Waals surface area contributed by atoms with Gasteiger partial charge < -0.3 is 9.64 Å². The third kappa shape index (κ3) is 3.93. The van der Waals surface area contributed by atoms with E-state index in [1.165, 1.54) is 24.2 Å². The molecule has 1 aliphatic rings. The molecule has 0 bridgehead atoms. The van der Waals surface area contributed by atoms with Crippen LogP contribution >= 0.6 is 0 Å². The summed E-state index contributed by atoms with van der Waals surface area (Å²) in [6.07, 6.45) is 2.55. The third-order valence-electron chi connectivity index (χ3n) is 5.82. The lowest BCUT2D eigenvalue weighted by molar-refractivity contribution is -0.385. The summed E-state index contributed by atoms with van der Waals surface area (Å²) >= 11 is 0. The van der Waals surface area contributed by atoms with Crippen molar-refractivity contribution >= 4 is 22.3 Å². The monoisotopic (exact) mass is 406 g/mol. The molecule has 30 heavy (non-hydrogen) atoms. The molecule has 7 heteroatoms. The van der Waals surface area contributed by atoms with Crippen molar-refractivity contribution in [3.63, 3.8) is 0 Å². The van der Waals surface area contributed by atoms with E-state index in [4.69, 9.17) is 4.74 Å². The lowest BCUT2D eigenvalue weighted by Crippen LogP contribution is -2.52. The molecule has 0 saturated carbocycles. The predicted octanol–water partition coefficient (Wildman–Crippen LogP) is 3.90. The van der Waals surface area contributed by atoms with Gasteiger partial charge in [0.1, 0.15) is 0 Å². The number of rotatable bonds is 6. The van der Waals surface area contributed by atoms with Gasteiger partial charge in [-0.25, -0.2) is 0 Å². The molecule has 0 radical (unpaired) electrons. The Morgan fingerprint density at radius 2 is 2.00 bits per heavy atom. The zero-order valence-corrected chi connectivity index (χ0v) is 17.3. The summed E-state index contributed by atoms with van der Waals surface area (Å²) in [5.41, 5.74) is 3.15. The highest BCUT2D eigenvalue weighted by atomic mass is 16.6. The zero-order valence-electron chi connectivity index (χ0n) is 17.3. The first-order valence-corrected chi connectivity index (χ1v) is 10.2. The van der Waals surface area contributed by atoms with Gasteiger partial charge >= 0.3 is 5.69 Å². The van der Waals surface area contributed by atoms with E-state index in [-0.39, 0.29) is 10.6 Å². The summed E-state index contributed by atoms with van der Waals surface area (Å²) in [5, 5.41) is 12.4. The van der Waals surface area contributed by atoms with E-state index >= 15 is 0 Å². The van der Waals surface area contributed by atoms with Crippen LogP contribution in [-0.2, 0) is 6.42 Å². The molecule has 0 N–H and O–H groups in total. The number of hydrogen-bond acceptors (Lipinski definition) is 6. The Balaban J connectivity index is 1.44. The van der Waals surface area contributed by atoms with E-state index in [0.717, 1.165) is 43.7 Å². The fourth-order valence-corrected chi connectivity index (χ4v) is 4.36. The molecule has 1 saturated heterocycles. The van der Waals surface area contributed by atoms with Crippen molar-refractivity contribution in [2.75, 3.05) is 38.2 Å². The number of methoxy groups -OCH3 is 1. The maximum absolute atomic E-state index is 11.3. The highest BCUT2D eigenvalue weighted by Gasteiger charge is 2.25. The first kappa shape index (κ1) is 20.1. The number of pyridine rings is 1. The molecule has 3 aromatic rings. The number of hydrogen-bond donors (Lipinski definition) is 0. The Kier molecular flexibility index (Phi) is 5.81. The molecule has 1 unspecified atom stereocenters. The molecule has 156 valence electrons. The van der Waals surface area contributed by atoms with Crippen LogP contribution in [0.25, 0.3) is 10.9 Å². The Morgan fingerprint density at radius 1 is 1.17 bits per heavy atom. The molecular formula is C23H26N4O3. The van der Waals surface area contributed by atoms with E-state index in [0.29, 0.717) is 11.8 Å². The molecule has 7 nitrogen and oxygen atoms in total. The standard InChI is InChI=1S/C23H26N4O3/c1-17-16-25(13-11-18-6-3-10-22(27(28)29)23(18)30-2)14-15-26(17)21-9-4-8-20-19(21)7-5-12-24-20/h3-10,12,17H,11,13-16H2,1-2H3. The number of nitrogens with zero attached hydrogens (tertiary/aromatic N) is 4. The van der Waals surface area contributed by atoms with Crippen LogP contribution in [0.5, 0.6) is 5.75 Å². The smallest absolute Gasteiger partial charge is 0.311 e. The normalized spacial score (nSPS) is 17.3. The largest absolute Gasteiger partial charge is 0.490 e. The first-order chi connectivity index (χ1) is 14.6. The Morgan fingerprint density at radius 3 is 2.77 bits per heavy atom. The van der Waals surface area contributed by atoms with Gasteiger partial charge in [0.2, 0.25) is 0 Å². The highest BCUT2D eigenvalue weighted by molar-refractivity contribution is 5.91. The van der Waals surface area contributed by atoms with Crippen LogP contribution in [0, 0.1) is 10.1 Å². The molecule has 2 heterocycles.